The van der Waals surface area contributed by atoms with Crippen LogP contribution in [0.5, 0.6) is 0 Å². The van der Waals surface area contributed by atoms with Gasteiger partial charge < -0.3 is 15.0 Å². The van der Waals surface area contributed by atoms with Gasteiger partial charge in [0.05, 0.1) is 16.8 Å². The van der Waals surface area contributed by atoms with E-state index in [-0.39, 0.29) is 23.5 Å². The first-order chi connectivity index (χ1) is 12.4. The van der Waals surface area contributed by atoms with Crippen LogP contribution < -0.4 is 5.32 Å². The van der Waals surface area contributed by atoms with Crippen molar-refractivity contribution in [2.45, 2.75) is 69.9 Å². The monoisotopic (exact) mass is 358 g/mol. The maximum absolute atomic E-state index is 12.9. The summed E-state index contributed by atoms with van der Waals surface area (Å²) >= 11 is 0. The van der Waals surface area contributed by atoms with E-state index in [0.717, 1.165) is 30.8 Å². The normalized spacial score (nSPS) is 23.1. The van der Waals surface area contributed by atoms with Crippen LogP contribution in [0.1, 0.15) is 73.7 Å². The van der Waals surface area contributed by atoms with Crippen LogP contribution in [-0.2, 0) is 4.74 Å². The molecule has 2 spiro atoms. The Kier molecular flexibility index (Phi) is 3.93. The first-order valence-electron chi connectivity index (χ1n) is 9.50. The lowest BCUT2D eigenvalue weighted by molar-refractivity contribution is -0.0704. The molecule has 0 radical (unpaired) electrons. The van der Waals surface area contributed by atoms with E-state index in [1.54, 1.807) is 6.20 Å². The number of hydrogen-bond acceptors (Lipinski definition) is 5. The van der Waals surface area contributed by atoms with Crippen LogP contribution in [0.25, 0.3) is 0 Å². The molecule has 0 unspecified atom stereocenters. The molecule has 1 aliphatic carbocycles. The van der Waals surface area contributed by atoms with Crippen LogP contribution in [0.3, 0.4) is 0 Å². The van der Waals surface area contributed by atoms with E-state index in [9.17, 15) is 9.59 Å². The zero-order valence-electron chi connectivity index (χ0n) is 15.7. The summed E-state index contributed by atoms with van der Waals surface area (Å²) in [5, 5.41) is 3.04. The van der Waals surface area contributed by atoms with Gasteiger partial charge in [0.2, 0.25) is 0 Å². The van der Waals surface area contributed by atoms with Crippen molar-refractivity contribution in [1.29, 1.82) is 0 Å². The second-order valence-electron chi connectivity index (χ2n) is 8.12. The zero-order valence-corrected chi connectivity index (χ0v) is 15.7. The minimum Gasteiger partial charge on any atom is -0.440 e. The lowest BCUT2D eigenvalue weighted by Gasteiger charge is -2.51. The van der Waals surface area contributed by atoms with E-state index in [0.29, 0.717) is 31.5 Å². The van der Waals surface area contributed by atoms with Crippen molar-refractivity contribution in [1.82, 2.24) is 20.2 Å². The third kappa shape index (κ3) is 2.47. The molecule has 1 saturated carbocycles. The molecule has 4 rings (SSSR count). The minimum absolute atomic E-state index is 0.0346. The number of amides is 2. The first-order valence-corrected chi connectivity index (χ1v) is 9.50. The Morgan fingerprint density at radius 3 is 2.50 bits per heavy atom. The smallest absolute Gasteiger partial charge is 0.408 e. The van der Waals surface area contributed by atoms with Gasteiger partial charge in [-0.1, -0.05) is 13.8 Å². The van der Waals surface area contributed by atoms with Crippen molar-refractivity contribution >= 4 is 12.0 Å². The molecule has 2 amide bonds. The van der Waals surface area contributed by atoms with Gasteiger partial charge in [-0.15, -0.1) is 0 Å². The van der Waals surface area contributed by atoms with Crippen molar-refractivity contribution in [2.75, 3.05) is 13.1 Å². The minimum atomic E-state index is -0.452. The molecule has 1 aromatic heterocycles. The molecule has 1 aromatic rings. The Morgan fingerprint density at radius 2 is 1.96 bits per heavy atom. The first kappa shape index (κ1) is 17.2. The Hall–Kier alpha value is -2.18. The van der Waals surface area contributed by atoms with Crippen molar-refractivity contribution in [2.24, 2.45) is 0 Å². The second kappa shape index (κ2) is 5.93. The average molecular weight is 358 g/mol. The fourth-order valence-corrected chi connectivity index (χ4v) is 4.52. The number of fused-ring (bicyclic) bond motifs is 1. The van der Waals surface area contributed by atoms with Crippen molar-refractivity contribution in [3.8, 4) is 0 Å². The van der Waals surface area contributed by atoms with Crippen molar-refractivity contribution < 1.29 is 14.3 Å². The van der Waals surface area contributed by atoms with Crippen LogP contribution in [0, 0.1) is 6.92 Å². The highest BCUT2D eigenvalue weighted by atomic mass is 16.6. The lowest BCUT2D eigenvalue weighted by Crippen LogP contribution is -2.64. The van der Waals surface area contributed by atoms with Gasteiger partial charge in [-0.2, -0.15) is 0 Å². The summed E-state index contributed by atoms with van der Waals surface area (Å²) in [6, 6.07) is 0. The van der Waals surface area contributed by atoms with Gasteiger partial charge in [0.1, 0.15) is 11.4 Å². The van der Waals surface area contributed by atoms with E-state index >= 15 is 0 Å². The molecular weight excluding hydrogens is 332 g/mol. The molecule has 1 N–H and O–H groups in total. The van der Waals surface area contributed by atoms with Crippen molar-refractivity contribution in [3.63, 3.8) is 0 Å². The largest absolute Gasteiger partial charge is 0.440 e. The Morgan fingerprint density at radius 1 is 1.27 bits per heavy atom. The number of hydrogen-bond donors (Lipinski definition) is 1. The van der Waals surface area contributed by atoms with Gasteiger partial charge in [0, 0.05) is 38.0 Å². The molecule has 0 aromatic carbocycles. The summed E-state index contributed by atoms with van der Waals surface area (Å²) in [7, 11) is 0. The molecule has 2 aliphatic heterocycles. The van der Waals surface area contributed by atoms with Gasteiger partial charge >= 0.3 is 6.09 Å². The topological polar surface area (TPSA) is 84.4 Å². The molecule has 0 bridgehead atoms. The molecule has 3 heterocycles. The van der Waals surface area contributed by atoms with Gasteiger partial charge in [-0.05, 0) is 26.2 Å². The number of alkyl carbamates (subject to hydrolysis) is 1. The zero-order chi connectivity index (χ0) is 18.5. The molecule has 3 fully saturated rings. The van der Waals surface area contributed by atoms with E-state index < -0.39 is 5.60 Å². The highest BCUT2D eigenvalue weighted by molar-refractivity contribution is 5.95. The van der Waals surface area contributed by atoms with Crippen LogP contribution in [0.2, 0.25) is 0 Å². The van der Waals surface area contributed by atoms with E-state index in [4.69, 9.17) is 4.74 Å². The Bertz CT molecular complexity index is 749. The molecule has 7 heteroatoms. The van der Waals surface area contributed by atoms with Crippen LogP contribution >= 0.6 is 0 Å². The molecule has 3 aliphatic rings. The van der Waals surface area contributed by atoms with Gasteiger partial charge in [0.25, 0.3) is 5.91 Å². The summed E-state index contributed by atoms with van der Waals surface area (Å²) in [6.07, 6.45) is 5.76. The number of aromatic nitrogens is 2. The number of nitrogens with one attached hydrogen (secondary N) is 1. The number of carbonyl (C=O) groups excluding carboxylic acids is 2. The van der Waals surface area contributed by atoms with Gasteiger partial charge in [0.15, 0.2) is 0 Å². The lowest BCUT2D eigenvalue weighted by atomic mass is 9.62. The second-order valence-corrected chi connectivity index (χ2v) is 8.12. The molecule has 2 saturated heterocycles. The quantitative estimate of drug-likeness (QED) is 0.878. The molecule has 140 valence electrons. The summed E-state index contributed by atoms with van der Waals surface area (Å²) < 4.78 is 5.73. The molecular formula is C19H26N4O3. The van der Waals surface area contributed by atoms with Crippen LogP contribution in [0.4, 0.5) is 4.79 Å². The maximum Gasteiger partial charge on any atom is 0.408 e. The highest BCUT2D eigenvalue weighted by Gasteiger charge is 2.63. The van der Waals surface area contributed by atoms with Crippen LogP contribution in [0.15, 0.2) is 6.20 Å². The Balaban J connectivity index is 1.48. The summed E-state index contributed by atoms with van der Waals surface area (Å²) in [5.74, 6) is 0.955. The summed E-state index contributed by atoms with van der Waals surface area (Å²) in [6.45, 7) is 7.10. The standard InChI is InChI=1S/C19H26N4O3/c1-12(2)15-20-11-14(13(3)21-15)16(24)23-9-7-19(8-10-23)18(5-4-6-18)22-17(25)26-19/h11-12H,4-10H2,1-3H3,(H,22,25). The van der Waals surface area contributed by atoms with Crippen molar-refractivity contribution in [3.05, 3.63) is 23.3 Å². The molecule has 0 atom stereocenters. The number of piperidine rings is 1. The van der Waals surface area contributed by atoms with Gasteiger partial charge in [-0.3, -0.25) is 4.79 Å². The predicted molar refractivity (Wildman–Crippen MR) is 94.9 cm³/mol. The van der Waals surface area contributed by atoms with Gasteiger partial charge in [-0.25, -0.2) is 14.8 Å². The average Bonchev–Trinajstić information content (AvgIpc) is 2.87. The number of aryl methyl sites for hydroxylation is 1. The summed E-state index contributed by atoms with van der Waals surface area (Å²) in [5.41, 5.74) is 0.618. The molecule has 7 nitrogen and oxygen atoms in total. The number of rotatable bonds is 2. The number of nitrogens with zero attached hydrogens (tertiary/aromatic N) is 3. The SMILES string of the molecule is Cc1nc(C(C)C)ncc1C(=O)N1CCC2(CC1)OC(=O)NC21CCC1. The van der Waals surface area contributed by atoms with E-state index in [1.165, 1.54) is 0 Å². The predicted octanol–water partition coefficient (Wildman–Crippen LogP) is 2.55. The fourth-order valence-electron chi connectivity index (χ4n) is 4.52. The third-order valence-electron chi connectivity index (χ3n) is 6.31. The van der Waals surface area contributed by atoms with E-state index in [1.807, 2.05) is 25.7 Å². The van der Waals surface area contributed by atoms with Crippen LogP contribution in [-0.4, -0.2) is 51.1 Å². The van der Waals surface area contributed by atoms with E-state index in [2.05, 4.69) is 15.3 Å². The highest BCUT2D eigenvalue weighted by Crippen LogP contribution is 2.51. The molecule has 26 heavy (non-hydrogen) atoms. The Labute approximate surface area is 153 Å². The number of likely N-dealkylation sites (tertiary alicyclic amines) is 1. The third-order valence-corrected chi connectivity index (χ3v) is 6.31. The summed E-state index contributed by atoms with van der Waals surface area (Å²) in [4.78, 5) is 35.5. The number of carbonyl (C=O) groups is 2. The number of ether oxygens (including phenoxy) is 1. The maximum atomic E-state index is 12.9. The fraction of sp³-hybridized carbons (Fsp3) is 0.684.